The van der Waals surface area contributed by atoms with Gasteiger partial charge in [0, 0.05) is 0 Å². The van der Waals surface area contributed by atoms with Gasteiger partial charge in [-0.3, -0.25) is 0 Å². The van der Waals surface area contributed by atoms with Gasteiger partial charge in [-0.2, -0.15) is 0 Å². The third kappa shape index (κ3) is 1.30. The number of carbonyl (C=O) groups is 1. The SMILES string of the molecule is COC(=O)C1=CC2CCC(C)(C)N2O1. The van der Waals surface area contributed by atoms with E-state index in [1.807, 2.05) is 11.1 Å². The number of methoxy groups -OCH3 is 1. The summed E-state index contributed by atoms with van der Waals surface area (Å²) in [5.74, 6) is -0.0690. The maximum atomic E-state index is 11.2. The van der Waals surface area contributed by atoms with Crippen LogP contribution in [-0.4, -0.2) is 29.7 Å². The Morgan fingerprint density at radius 3 is 3.00 bits per heavy atom. The number of hydrogen-bond donors (Lipinski definition) is 0. The fourth-order valence-electron chi connectivity index (χ4n) is 2.04. The van der Waals surface area contributed by atoms with E-state index in [0.717, 1.165) is 12.8 Å². The van der Waals surface area contributed by atoms with Gasteiger partial charge in [0.2, 0.25) is 5.76 Å². The molecule has 4 heteroatoms. The molecular formula is C10H15NO3. The number of hydroxylamine groups is 2. The normalized spacial score (nSPS) is 29.4. The molecule has 0 aromatic carbocycles. The summed E-state index contributed by atoms with van der Waals surface area (Å²) in [5, 5.41) is 1.89. The molecule has 1 fully saturated rings. The van der Waals surface area contributed by atoms with Crippen molar-refractivity contribution in [1.82, 2.24) is 5.06 Å². The zero-order valence-corrected chi connectivity index (χ0v) is 8.74. The first-order valence-electron chi connectivity index (χ1n) is 4.82. The van der Waals surface area contributed by atoms with Crippen LogP contribution in [0, 0.1) is 0 Å². The molecule has 1 atom stereocenters. The van der Waals surface area contributed by atoms with Crippen molar-refractivity contribution in [1.29, 1.82) is 0 Å². The summed E-state index contributed by atoms with van der Waals surface area (Å²) in [7, 11) is 1.36. The molecule has 0 amide bonds. The maximum absolute atomic E-state index is 11.2. The molecule has 78 valence electrons. The molecule has 0 N–H and O–H groups in total. The average molecular weight is 197 g/mol. The first-order chi connectivity index (χ1) is 6.54. The summed E-state index contributed by atoms with van der Waals surface area (Å²) >= 11 is 0. The second-order valence-corrected chi connectivity index (χ2v) is 4.36. The second kappa shape index (κ2) is 2.98. The molecule has 0 bridgehead atoms. The molecule has 0 saturated carbocycles. The molecule has 0 radical (unpaired) electrons. The van der Waals surface area contributed by atoms with Crippen LogP contribution in [0.3, 0.4) is 0 Å². The maximum Gasteiger partial charge on any atom is 0.375 e. The summed E-state index contributed by atoms with van der Waals surface area (Å²) in [6, 6.07) is 0.235. The van der Waals surface area contributed by atoms with E-state index >= 15 is 0 Å². The predicted molar refractivity (Wildman–Crippen MR) is 50.1 cm³/mol. The van der Waals surface area contributed by atoms with Gasteiger partial charge >= 0.3 is 5.97 Å². The number of hydrogen-bond acceptors (Lipinski definition) is 4. The van der Waals surface area contributed by atoms with E-state index in [1.54, 1.807) is 0 Å². The Morgan fingerprint density at radius 1 is 1.71 bits per heavy atom. The van der Waals surface area contributed by atoms with Gasteiger partial charge in [-0.1, -0.05) is 0 Å². The summed E-state index contributed by atoms with van der Waals surface area (Å²) in [6.45, 7) is 4.22. The average Bonchev–Trinajstić information content (AvgIpc) is 2.67. The number of carbonyl (C=O) groups excluding carboxylic acids is 1. The molecule has 2 aliphatic rings. The highest BCUT2D eigenvalue weighted by Gasteiger charge is 2.45. The van der Waals surface area contributed by atoms with Crippen molar-refractivity contribution in [2.45, 2.75) is 38.3 Å². The molecular weight excluding hydrogens is 182 g/mol. The van der Waals surface area contributed by atoms with Crippen LogP contribution in [0.2, 0.25) is 0 Å². The lowest BCUT2D eigenvalue weighted by atomic mass is 10.0. The van der Waals surface area contributed by atoms with E-state index in [9.17, 15) is 4.79 Å². The molecule has 1 saturated heterocycles. The van der Waals surface area contributed by atoms with Crippen molar-refractivity contribution in [2.75, 3.05) is 7.11 Å². The monoisotopic (exact) mass is 197 g/mol. The quantitative estimate of drug-likeness (QED) is 0.593. The van der Waals surface area contributed by atoms with Crippen LogP contribution in [0.1, 0.15) is 26.7 Å². The van der Waals surface area contributed by atoms with Gasteiger partial charge in [-0.05, 0) is 32.8 Å². The highest BCUT2D eigenvalue weighted by molar-refractivity contribution is 5.86. The number of nitrogens with zero attached hydrogens (tertiary/aromatic N) is 1. The van der Waals surface area contributed by atoms with Gasteiger partial charge in [0.25, 0.3) is 0 Å². The standard InChI is InChI=1S/C10H15NO3/c1-10(2)5-4-7-6-8(9(12)13-3)14-11(7)10/h6-7H,4-5H2,1-3H3. The minimum Gasteiger partial charge on any atom is -0.463 e. The van der Waals surface area contributed by atoms with Gasteiger partial charge in [0.15, 0.2) is 0 Å². The molecule has 14 heavy (non-hydrogen) atoms. The third-order valence-electron chi connectivity index (χ3n) is 2.88. The Kier molecular flexibility index (Phi) is 2.03. The zero-order chi connectivity index (χ0) is 10.3. The number of ether oxygens (including phenoxy) is 1. The molecule has 0 aliphatic carbocycles. The van der Waals surface area contributed by atoms with Crippen LogP contribution in [0.5, 0.6) is 0 Å². The van der Waals surface area contributed by atoms with Crippen LogP contribution in [0.4, 0.5) is 0 Å². The number of rotatable bonds is 1. The van der Waals surface area contributed by atoms with E-state index in [2.05, 4.69) is 18.6 Å². The second-order valence-electron chi connectivity index (χ2n) is 4.36. The van der Waals surface area contributed by atoms with Crippen molar-refractivity contribution in [3.05, 3.63) is 11.8 Å². The molecule has 0 spiro atoms. The van der Waals surface area contributed by atoms with Crippen molar-refractivity contribution >= 4 is 5.97 Å². The summed E-state index contributed by atoms with van der Waals surface area (Å²) in [4.78, 5) is 16.7. The Bertz CT molecular complexity index is 296. The van der Waals surface area contributed by atoms with Gasteiger partial charge in [0.1, 0.15) is 0 Å². The first-order valence-corrected chi connectivity index (χ1v) is 4.82. The highest BCUT2D eigenvalue weighted by Crippen LogP contribution is 2.39. The fourth-order valence-corrected chi connectivity index (χ4v) is 2.04. The Balaban J connectivity index is 2.14. The van der Waals surface area contributed by atoms with Gasteiger partial charge < -0.3 is 9.57 Å². The number of fused-ring (bicyclic) bond motifs is 1. The van der Waals surface area contributed by atoms with Crippen LogP contribution in [0.15, 0.2) is 11.8 Å². The summed E-state index contributed by atoms with van der Waals surface area (Å²) in [6.07, 6.45) is 3.97. The molecule has 0 aromatic rings. The lowest BCUT2D eigenvalue weighted by molar-refractivity contribution is -0.174. The minimum atomic E-state index is -0.393. The number of esters is 1. The molecule has 2 heterocycles. The molecule has 0 aromatic heterocycles. The van der Waals surface area contributed by atoms with E-state index < -0.39 is 5.97 Å². The van der Waals surface area contributed by atoms with Crippen molar-refractivity contribution in [3.63, 3.8) is 0 Å². The first kappa shape index (κ1) is 9.52. The Hall–Kier alpha value is -1.03. The van der Waals surface area contributed by atoms with Crippen molar-refractivity contribution in [3.8, 4) is 0 Å². The molecule has 2 rings (SSSR count). The van der Waals surface area contributed by atoms with Gasteiger partial charge in [-0.25, -0.2) is 4.79 Å². The molecule has 4 nitrogen and oxygen atoms in total. The van der Waals surface area contributed by atoms with E-state index in [-0.39, 0.29) is 11.6 Å². The van der Waals surface area contributed by atoms with Gasteiger partial charge in [-0.15, -0.1) is 5.06 Å². The Morgan fingerprint density at radius 2 is 2.43 bits per heavy atom. The largest absolute Gasteiger partial charge is 0.463 e. The fraction of sp³-hybridized carbons (Fsp3) is 0.700. The predicted octanol–water partition coefficient (Wildman–Crippen LogP) is 1.23. The van der Waals surface area contributed by atoms with Gasteiger partial charge in [0.05, 0.1) is 18.7 Å². The topological polar surface area (TPSA) is 38.8 Å². The smallest absolute Gasteiger partial charge is 0.375 e. The lowest BCUT2D eigenvalue weighted by Crippen LogP contribution is -2.39. The van der Waals surface area contributed by atoms with Crippen LogP contribution >= 0.6 is 0 Å². The van der Waals surface area contributed by atoms with Crippen molar-refractivity contribution in [2.24, 2.45) is 0 Å². The lowest BCUT2D eigenvalue weighted by Gasteiger charge is -2.29. The van der Waals surface area contributed by atoms with E-state index in [0.29, 0.717) is 5.76 Å². The molecule has 2 aliphatic heterocycles. The van der Waals surface area contributed by atoms with E-state index in [1.165, 1.54) is 7.11 Å². The summed E-state index contributed by atoms with van der Waals surface area (Å²) in [5.41, 5.74) is 0.0109. The minimum absolute atomic E-state index is 0.0109. The van der Waals surface area contributed by atoms with E-state index in [4.69, 9.17) is 4.84 Å². The molecule has 1 unspecified atom stereocenters. The highest BCUT2D eigenvalue weighted by atomic mass is 16.7. The van der Waals surface area contributed by atoms with Crippen molar-refractivity contribution < 1.29 is 14.4 Å². The zero-order valence-electron chi connectivity index (χ0n) is 8.74. The van der Waals surface area contributed by atoms with Crippen LogP contribution < -0.4 is 0 Å². The Labute approximate surface area is 83.4 Å². The van der Waals surface area contributed by atoms with Crippen LogP contribution in [-0.2, 0) is 14.4 Å². The van der Waals surface area contributed by atoms with Crippen LogP contribution in [0.25, 0.3) is 0 Å². The summed E-state index contributed by atoms with van der Waals surface area (Å²) < 4.78 is 4.61. The third-order valence-corrected chi connectivity index (χ3v) is 2.88.